The second-order valence-electron chi connectivity index (χ2n) is 3.59. The van der Waals surface area contributed by atoms with Crippen LogP contribution < -0.4 is 10.1 Å². The first-order valence-electron chi connectivity index (χ1n) is 5.28. The number of aromatic amines is 1. The highest BCUT2D eigenvalue weighted by atomic mass is 79.9. The maximum absolute atomic E-state index is 5.35. The van der Waals surface area contributed by atoms with Crippen molar-refractivity contribution in [3.63, 3.8) is 0 Å². The van der Waals surface area contributed by atoms with Crippen molar-refractivity contribution < 1.29 is 4.74 Å². The Morgan fingerprint density at radius 3 is 2.88 bits per heavy atom. The predicted octanol–water partition coefficient (Wildman–Crippen LogP) is 2.57. The molecule has 0 saturated heterocycles. The van der Waals surface area contributed by atoms with Gasteiger partial charge in [-0.1, -0.05) is 12.1 Å². The molecule has 1 aromatic heterocycles. The Balaban J connectivity index is 2.51. The van der Waals surface area contributed by atoms with E-state index in [2.05, 4.69) is 31.2 Å². The number of imidazole rings is 1. The van der Waals surface area contributed by atoms with Crippen molar-refractivity contribution in [1.82, 2.24) is 15.3 Å². The first-order valence-corrected chi connectivity index (χ1v) is 6.08. The van der Waals surface area contributed by atoms with Crippen molar-refractivity contribution in [1.29, 1.82) is 0 Å². The average Bonchev–Trinajstić information content (AvgIpc) is 2.71. The van der Waals surface area contributed by atoms with Crippen LogP contribution in [0.3, 0.4) is 0 Å². The van der Waals surface area contributed by atoms with Gasteiger partial charge in [0, 0.05) is 12.1 Å². The number of H-pyrrole nitrogens is 1. The zero-order valence-corrected chi connectivity index (χ0v) is 11.3. The van der Waals surface area contributed by atoms with Gasteiger partial charge in [-0.3, -0.25) is 0 Å². The highest BCUT2D eigenvalue weighted by Gasteiger charge is 2.14. The molecule has 0 aliphatic heterocycles. The summed E-state index contributed by atoms with van der Waals surface area (Å²) in [6, 6.07) is 7.85. The molecule has 0 atom stereocenters. The minimum Gasteiger partial charge on any atom is -0.496 e. The summed E-state index contributed by atoms with van der Waals surface area (Å²) in [5.74, 6) is 0.823. The molecule has 0 fully saturated rings. The summed E-state index contributed by atoms with van der Waals surface area (Å²) in [7, 11) is 3.57. The maximum Gasteiger partial charge on any atom is 0.175 e. The number of hydrogen-bond donors (Lipinski definition) is 2. The van der Waals surface area contributed by atoms with Crippen molar-refractivity contribution in [3.8, 4) is 17.0 Å². The van der Waals surface area contributed by atoms with Gasteiger partial charge in [0.05, 0.1) is 18.5 Å². The summed E-state index contributed by atoms with van der Waals surface area (Å²) in [6.07, 6.45) is 0. The number of benzene rings is 1. The topological polar surface area (TPSA) is 49.9 Å². The van der Waals surface area contributed by atoms with Crippen molar-refractivity contribution in [3.05, 3.63) is 34.7 Å². The lowest BCUT2D eigenvalue weighted by molar-refractivity contribution is 0.416. The molecule has 0 saturated carbocycles. The summed E-state index contributed by atoms with van der Waals surface area (Å²) in [6.45, 7) is 0.728. The standard InChI is InChI=1S/C12H14BrN3O/c1-14-7-9-11(16-12(13)15-9)8-5-3-4-6-10(8)17-2/h3-6,14H,7H2,1-2H3,(H,15,16). The maximum atomic E-state index is 5.35. The second-order valence-corrected chi connectivity index (χ2v) is 4.34. The van der Waals surface area contributed by atoms with Crippen LogP contribution >= 0.6 is 15.9 Å². The van der Waals surface area contributed by atoms with Gasteiger partial charge in [-0.25, -0.2) is 4.98 Å². The number of para-hydroxylation sites is 1. The summed E-state index contributed by atoms with van der Waals surface area (Å²) in [5, 5.41) is 3.11. The van der Waals surface area contributed by atoms with E-state index in [4.69, 9.17) is 4.74 Å². The van der Waals surface area contributed by atoms with Crippen molar-refractivity contribution in [2.24, 2.45) is 0 Å². The number of hydrogen-bond acceptors (Lipinski definition) is 3. The van der Waals surface area contributed by atoms with E-state index in [-0.39, 0.29) is 0 Å². The fourth-order valence-electron chi connectivity index (χ4n) is 1.75. The van der Waals surface area contributed by atoms with Crippen LogP contribution in [0, 0.1) is 0 Å². The van der Waals surface area contributed by atoms with Crippen molar-refractivity contribution >= 4 is 15.9 Å². The van der Waals surface area contributed by atoms with Crippen LogP contribution in [0.15, 0.2) is 29.0 Å². The number of halogens is 1. The molecule has 0 aliphatic rings. The SMILES string of the molecule is CNCc1[nH]c(Br)nc1-c1ccccc1OC. The van der Waals surface area contributed by atoms with E-state index in [0.717, 1.165) is 34.0 Å². The molecule has 0 bridgehead atoms. The Hall–Kier alpha value is -1.33. The zero-order valence-electron chi connectivity index (χ0n) is 9.75. The molecule has 0 amide bonds. The number of methoxy groups -OCH3 is 1. The Kier molecular flexibility index (Phi) is 3.81. The van der Waals surface area contributed by atoms with E-state index in [1.54, 1.807) is 7.11 Å². The van der Waals surface area contributed by atoms with E-state index in [9.17, 15) is 0 Å². The van der Waals surface area contributed by atoms with E-state index >= 15 is 0 Å². The van der Waals surface area contributed by atoms with Gasteiger partial charge in [-0.2, -0.15) is 0 Å². The van der Waals surface area contributed by atoms with Gasteiger partial charge in [0.15, 0.2) is 4.73 Å². The summed E-state index contributed by atoms with van der Waals surface area (Å²) < 4.78 is 6.08. The molecule has 2 N–H and O–H groups in total. The number of ether oxygens (including phenoxy) is 1. The van der Waals surface area contributed by atoms with Crippen LogP contribution in [0.25, 0.3) is 11.3 Å². The Labute approximate surface area is 109 Å². The molecule has 0 aliphatic carbocycles. The van der Waals surface area contributed by atoms with Crippen LogP contribution in [0.2, 0.25) is 0 Å². The molecule has 2 rings (SSSR count). The zero-order chi connectivity index (χ0) is 12.3. The van der Waals surface area contributed by atoms with Gasteiger partial charge in [0.2, 0.25) is 0 Å². The first-order chi connectivity index (χ1) is 8.26. The van der Waals surface area contributed by atoms with Gasteiger partial charge in [0.1, 0.15) is 5.75 Å². The molecular weight excluding hydrogens is 282 g/mol. The Morgan fingerprint density at radius 2 is 2.18 bits per heavy atom. The molecular formula is C12H14BrN3O. The van der Waals surface area contributed by atoms with Gasteiger partial charge >= 0.3 is 0 Å². The highest BCUT2D eigenvalue weighted by Crippen LogP contribution is 2.31. The first kappa shape index (κ1) is 12.1. The third-order valence-corrected chi connectivity index (χ3v) is 2.84. The predicted molar refractivity (Wildman–Crippen MR) is 71.0 cm³/mol. The van der Waals surface area contributed by atoms with Gasteiger partial charge in [-0.15, -0.1) is 0 Å². The van der Waals surface area contributed by atoms with E-state index < -0.39 is 0 Å². The van der Waals surface area contributed by atoms with E-state index in [1.807, 2.05) is 31.3 Å². The molecule has 5 heteroatoms. The summed E-state index contributed by atoms with van der Waals surface area (Å²) in [5.41, 5.74) is 2.93. The molecule has 2 aromatic rings. The van der Waals surface area contributed by atoms with Gasteiger partial charge < -0.3 is 15.0 Å². The third kappa shape index (κ3) is 2.50. The molecule has 90 valence electrons. The molecule has 4 nitrogen and oxygen atoms in total. The van der Waals surface area contributed by atoms with Gasteiger partial charge in [0.25, 0.3) is 0 Å². The lowest BCUT2D eigenvalue weighted by atomic mass is 10.1. The van der Waals surface area contributed by atoms with Crippen LogP contribution in [0.1, 0.15) is 5.69 Å². The third-order valence-electron chi connectivity index (χ3n) is 2.47. The normalized spacial score (nSPS) is 10.5. The van der Waals surface area contributed by atoms with Crippen molar-refractivity contribution in [2.45, 2.75) is 6.54 Å². The minimum atomic E-state index is 0.726. The average molecular weight is 296 g/mol. The lowest BCUT2D eigenvalue weighted by Crippen LogP contribution is -2.06. The second kappa shape index (κ2) is 5.33. The van der Waals surface area contributed by atoms with E-state index in [1.165, 1.54) is 0 Å². The summed E-state index contributed by atoms with van der Waals surface area (Å²) >= 11 is 3.36. The number of nitrogens with one attached hydrogen (secondary N) is 2. The lowest BCUT2D eigenvalue weighted by Gasteiger charge is -2.07. The molecule has 1 aromatic carbocycles. The minimum absolute atomic E-state index is 0.726. The molecule has 17 heavy (non-hydrogen) atoms. The smallest absolute Gasteiger partial charge is 0.175 e. The Morgan fingerprint density at radius 1 is 1.41 bits per heavy atom. The fourth-order valence-corrected chi connectivity index (χ4v) is 2.16. The van der Waals surface area contributed by atoms with Crippen LogP contribution in [0.4, 0.5) is 0 Å². The van der Waals surface area contributed by atoms with Crippen LogP contribution in [-0.2, 0) is 6.54 Å². The van der Waals surface area contributed by atoms with Gasteiger partial charge in [-0.05, 0) is 35.1 Å². The number of nitrogens with zero attached hydrogens (tertiary/aromatic N) is 1. The molecule has 0 unspecified atom stereocenters. The molecule has 0 radical (unpaired) electrons. The largest absolute Gasteiger partial charge is 0.496 e. The molecule has 0 spiro atoms. The molecule has 1 heterocycles. The quantitative estimate of drug-likeness (QED) is 0.911. The monoisotopic (exact) mass is 295 g/mol. The Bertz CT molecular complexity index is 510. The number of aromatic nitrogens is 2. The number of rotatable bonds is 4. The fraction of sp³-hybridized carbons (Fsp3) is 0.250. The van der Waals surface area contributed by atoms with Crippen molar-refractivity contribution in [2.75, 3.05) is 14.2 Å². The van der Waals surface area contributed by atoms with Crippen LogP contribution in [0.5, 0.6) is 5.75 Å². The highest BCUT2D eigenvalue weighted by molar-refractivity contribution is 9.10. The van der Waals surface area contributed by atoms with E-state index in [0.29, 0.717) is 0 Å². The summed E-state index contributed by atoms with van der Waals surface area (Å²) in [4.78, 5) is 7.63. The van der Waals surface area contributed by atoms with Crippen LogP contribution in [-0.4, -0.2) is 24.1 Å².